The average molecular weight is 344 g/mol. The minimum Gasteiger partial charge on any atom is -0.497 e. The summed E-state index contributed by atoms with van der Waals surface area (Å²) in [4.78, 5) is 0. The Morgan fingerprint density at radius 2 is 1.50 bits per heavy atom. The third-order valence-electron chi connectivity index (χ3n) is 4.24. The Morgan fingerprint density at radius 3 is 2.15 bits per heavy atom. The fourth-order valence-corrected chi connectivity index (χ4v) is 2.88. The van der Waals surface area contributed by atoms with Gasteiger partial charge >= 0.3 is 0 Å². The van der Waals surface area contributed by atoms with Crippen molar-refractivity contribution in [2.75, 3.05) is 7.11 Å². The summed E-state index contributed by atoms with van der Waals surface area (Å²) >= 11 is 0. The fourth-order valence-electron chi connectivity index (χ4n) is 2.88. The van der Waals surface area contributed by atoms with E-state index < -0.39 is 0 Å². The van der Waals surface area contributed by atoms with Gasteiger partial charge in [-0.2, -0.15) is 5.10 Å². The van der Waals surface area contributed by atoms with Crippen LogP contribution in [0.1, 0.15) is 0 Å². The Morgan fingerprint density at radius 1 is 0.808 bits per heavy atom. The molecule has 0 aliphatic carbocycles. The van der Waals surface area contributed by atoms with E-state index in [0.717, 1.165) is 34.0 Å². The van der Waals surface area contributed by atoms with Gasteiger partial charge in [0.1, 0.15) is 11.6 Å². The van der Waals surface area contributed by atoms with Crippen LogP contribution in [0, 0.1) is 5.82 Å². The van der Waals surface area contributed by atoms with Crippen LogP contribution in [0.3, 0.4) is 0 Å². The van der Waals surface area contributed by atoms with Crippen LogP contribution in [0.4, 0.5) is 4.39 Å². The Bertz CT molecular complexity index is 1010. The summed E-state index contributed by atoms with van der Waals surface area (Å²) in [5, 5.41) is 4.77. The second-order valence-corrected chi connectivity index (χ2v) is 5.90. The van der Waals surface area contributed by atoms with Gasteiger partial charge in [0.15, 0.2) is 0 Å². The van der Waals surface area contributed by atoms with E-state index in [2.05, 4.69) is 0 Å². The van der Waals surface area contributed by atoms with Crippen LogP contribution in [0.5, 0.6) is 5.75 Å². The van der Waals surface area contributed by atoms with Crippen molar-refractivity contribution in [2.45, 2.75) is 0 Å². The van der Waals surface area contributed by atoms with Crippen LogP contribution in [0.2, 0.25) is 0 Å². The molecule has 0 saturated carbocycles. The van der Waals surface area contributed by atoms with Crippen LogP contribution in [-0.4, -0.2) is 16.9 Å². The number of halogens is 1. The van der Waals surface area contributed by atoms with Gasteiger partial charge in [0.25, 0.3) is 0 Å². The molecule has 4 aromatic rings. The zero-order chi connectivity index (χ0) is 17.9. The molecule has 0 amide bonds. The second-order valence-electron chi connectivity index (χ2n) is 5.90. The molecule has 0 bridgehead atoms. The minimum atomic E-state index is -0.258. The number of nitrogens with zero attached hydrogens (tertiary/aromatic N) is 2. The van der Waals surface area contributed by atoms with E-state index in [9.17, 15) is 4.39 Å². The smallest absolute Gasteiger partial charge is 0.123 e. The topological polar surface area (TPSA) is 27.1 Å². The van der Waals surface area contributed by atoms with Crippen LogP contribution >= 0.6 is 0 Å². The number of aromatic nitrogens is 2. The number of ether oxygens (including phenoxy) is 1. The summed E-state index contributed by atoms with van der Waals surface area (Å²) in [5.74, 6) is 0.535. The van der Waals surface area contributed by atoms with E-state index in [1.54, 1.807) is 19.2 Å². The van der Waals surface area contributed by atoms with E-state index in [0.29, 0.717) is 0 Å². The number of hydrogen-bond donors (Lipinski definition) is 0. The van der Waals surface area contributed by atoms with Crippen molar-refractivity contribution in [3.05, 3.63) is 90.7 Å². The van der Waals surface area contributed by atoms with Crippen molar-refractivity contribution < 1.29 is 9.13 Å². The first-order valence-corrected chi connectivity index (χ1v) is 8.30. The zero-order valence-corrected chi connectivity index (χ0v) is 14.3. The molecule has 26 heavy (non-hydrogen) atoms. The molecule has 1 heterocycles. The summed E-state index contributed by atoms with van der Waals surface area (Å²) < 4.78 is 20.4. The Hall–Kier alpha value is -3.40. The zero-order valence-electron chi connectivity index (χ0n) is 14.3. The quantitative estimate of drug-likeness (QED) is 0.499. The van der Waals surface area contributed by atoms with E-state index in [1.807, 2.05) is 65.3 Å². The predicted octanol–water partition coefficient (Wildman–Crippen LogP) is 5.35. The molecule has 0 aliphatic heterocycles. The molecule has 4 heteroatoms. The van der Waals surface area contributed by atoms with E-state index >= 15 is 0 Å². The molecular formula is C22H17FN2O. The van der Waals surface area contributed by atoms with Gasteiger partial charge in [-0.15, -0.1) is 0 Å². The van der Waals surface area contributed by atoms with Crippen molar-refractivity contribution in [3.8, 4) is 34.0 Å². The highest BCUT2D eigenvalue weighted by Gasteiger charge is 2.13. The normalized spacial score (nSPS) is 10.7. The number of benzene rings is 3. The molecule has 3 aromatic carbocycles. The van der Waals surface area contributed by atoms with Crippen molar-refractivity contribution in [1.82, 2.24) is 9.78 Å². The van der Waals surface area contributed by atoms with Gasteiger partial charge in [-0.1, -0.05) is 30.3 Å². The summed E-state index contributed by atoms with van der Waals surface area (Å²) in [6.45, 7) is 0. The summed E-state index contributed by atoms with van der Waals surface area (Å²) in [6.07, 6.45) is 0. The Kier molecular flexibility index (Phi) is 4.23. The predicted molar refractivity (Wildman–Crippen MR) is 101 cm³/mol. The molecule has 0 N–H and O–H groups in total. The molecule has 1 aromatic heterocycles. The Labute approximate surface area is 151 Å². The van der Waals surface area contributed by atoms with E-state index in [1.165, 1.54) is 12.1 Å². The lowest BCUT2D eigenvalue weighted by atomic mass is 10.1. The highest BCUT2D eigenvalue weighted by atomic mass is 19.1. The lowest BCUT2D eigenvalue weighted by molar-refractivity contribution is 0.414. The Balaban J connectivity index is 1.86. The standard InChI is InChI=1S/C22H17FN2O/c1-26-20-13-11-19(12-14-20)25-22(17-5-3-2-4-6-17)15-21(24-25)16-7-9-18(23)10-8-16/h2-15H,1H3. The van der Waals surface area contributed by atoms with Crippen LogP contribution in [0.25, 0.3) is 28.2 Å². The maximum atomic E-state index is 13.3. The molecule has 0 fully saturated rings. The monoisotopic (exact) mass is 344 g/mol. The maximum Gasteiger partial charge on any atom is 0.123 e. The number of methoxy groups -OCH3 is 1. The van der Waals surface area contributed by atoms with Crippen molar-refractivity contribution >= 4 is 0 Å². The molecule has 0 aliphatic rings. The second kappa shape index (κ2) is 6.84. The largest absolute Gasteiger partial charge is 0.497 e. The van der Waals surface area contributed by atoms with E-state index in [-0.39, 0.29) is 5.82 Å². The maximum absolute atomic E-state index is 13.3. The van der Waals surface area contributed by atoms with Gasteiger partial charge in [0.05, 0.1) is 24.2 Å². The van der Waals surface area contributed by atoms with Crippen molar-refractivity contribution in [1.29, 1.82) is 0 Å². The van der Waals surface area contributed by atoms with Crippen molar-refractivity contribution in [2.24, 2.45) is 0 Å². The fraction of sp³-hybridized carbons (Fsp3) is 0.0455. The molecule has 0 unspecified atom stereocenters. The lowest BCUT2D eigenvalue weighted by Crippen LogP contribution is -1.99. The van der Waals surface area contributed by atoms with Gasteiger partial charge in [-0.3, -0.25) is 0 Å². The molecule has 4 rings (SSSR count). The average Bonchev–Trinajstić information content (AvgIpc) is 3.15. The van der Waals surface area contributed by atoms with Crippen molar-refractivity contribution in [3.63, 3.8) is 0 Å². The highest BCUT2D eigenvalue weighted by Crippen LogP contribution is 2.29. The van der Waals surface area contributed by atoms with Crippen LogP contribution in [0.15, 0.2) is 84.9 Å². The third-order valence-corrected chi connectivity index (χ3v) is 4.24. The van der Waals surface area contributed by atoms with Gasteiger partial charge < -0.3 is 4.74 Å². The molecular weight excluding hydrogens is 327 g/mol. The SMILES string of the molecule is COc1ccc(-n2nc(-c3ccc(F)cc3)cc2-c2ccccc2)cc1. The number of hydrogen-bond acceptors (Lipinski definition) is 2. The molecule has 128 valence electrons. The third kappa shape index (κ3) is 3.09. The lowest BCUT2D eigenvalue weighted by Gasteiger charge is -2.08. The van der Waals surface area contributed by atoms with Crippen LogP contribution < -0.4 is 4.74 Å². The van der Waals surface area contributed by atoms with Gasteiger partial charge in [-0.05, 0) is 54.6 Å². The van der Waals surface area contributed by atoms with Gasteiger partial charge in [-0.25, -0.2) is 9.07 Å². The summed E-state index contributed by atoms with van der Waals surface area (Å²) in [5.41, 5.74) is 4.62. The first-order valence-electron chi connectivity index (χ1n) is 8.30. The molecule has 0 atom stereocenters. The number of rotatable bonds is 4. The molecule has 0 spiro atoms. The minimum absolute atomic E-state index is 0.258. The van der Waals surface area contributed by atoms with Gasteiger partial charge in [0.2, 0.25) is 0 Å². The summed E-state index contributed by atoms with van der Waals surface area (Å²) in [7, 11) is 1.64. The molecule has 0 radical (unpaired) electrons. The van der Waals surface area contributed by atoms with Gasteiger partial charge in [0, 0.05) is 11.1 Å². The first-order chi connectivity index (χ1) is 12.7. The summed E-state index contributed by atoms with van der Waals surface area (Å²) in [6, 6.07) is 26.2. The first kappa shape index (κ1) is 16.1. The molecule has 0 saturated heterocycles. The highest BCUT2D eigenvalue weighted by molar-refractivity contribution is 5.70. The van der Waals surface area contributed by atoms with Crippen LogP contribution in [-0.2, 0) is 0 Å². The molecule has 3 nitrogen and oxygen atoms in total. The van der Waals surface area contributed by atoms with E-state index in [4.69, 9.17) is 9.84 Å².